The first-order valence-electron chi connectivity index (χ1n) is 6.65. The highest BCUT2D eigenvalue weighted by atomic mass is 16.5. The van der Waals surface area contributed by atoms with Crippen molar-refractivity contribution in [3.63, 3.8) is 0 Å². The van der Waals surface area contributed by atoms with E-state index in [9.17, 15) is 4.79 Å². The second-order valence-corrected chi connectivity index (χ2v) is 5.59. The van der Waals surface area contributed by atoms with Crippen molar-refractivity contribution >= 4 is 5.91 Å². The van der Waals surface area contributed by atoms with Gasteiger partial charge in [0.05, 0.1) is 13.2 Å². The maximum atomic E-state index is 12.0. The molecule has 0 saturated carbocycles. The molecule has 1 atom stereocenters. The third-order valence-corrected chi connectivity index (χ3v) is 3.35. The number of ether oxygens (including phenoxy) is 1. The molecule has 1 saturated heterocycles. The molecule has 0 bridgehead atoms. The molecule has 0 aliphatic carbocycles. The molecule has 1 aliphatic rings. The van der Waals surface area contributed by atoms with Gasteiger partial charge in [-0.1, -0.05) is 13.8 Å². The Morgan fingerprint density at radius 1 is 1.53 bits per heavy atom. The molecule has 2 heterocycles. The fourth-order valence-electron chi connectivity index (χ4n) is 2.05. The summed E-state index contributed by atoms with van der Waals surface area (Å²) in [6, 6.07) is 3.65. The van der Waals surface area contributed by atoms with Crippen LogP contribution in [0.15, 0.2) is 16.5 Å². The standard InChI is InChI=1S/C14H22N2O3/c1-10-4-5-12(19-10)14(2,3)9-16-13(17)11-8-18-7-6-15-11/h4-5,11,15H,6-9H2,1-3H3,(H,16,17). The van der Waals surface area contributed by atoms with Gasteiger partial charge in [-0.2, -0.15) is 0 Å². The van der Waals surface area contributed by atoms with Crippen molar-refractivity contribution < 1.29 is 13.9 Å². The number of hydrogen-bond acceptors (Lipinski definition) is 4. The van der Waals surface area contributed by atoms with E-state index in [4.69, 9.17) is 9.15 Å². The molecule has 0 spiro atoms. The van der Waals surface area contributed by atoms with E-state index >= 15 is 0 Å². The molecule has 1 unspecified atom stereocenters. The number of amides is 1. The fraction of sp³-hybridized carbons (Fsp3) is 0.643. The van der Waals surface area contributed by atoms with Gasteiger partial charge in [0.15, 0.2) is 0 Å². The minimum Gasteiger partial charge on any atom is -0.466 e. The minimum atomic E-state index is -0.247. The van der Waals surface area contributed by atoms with E-state index in [2.05, 4.69) is 24.5 Å². The van der Waals surface area contributed by atoms with Gasteiger partial charge in [-0.15, -0.1) is 0 Å². The van der Waals surface area contributed by atoms with E-state index in [1.165, 1.54) is 0 Å². The number of furan rings is 1. The van der Waals surface area contributed by atoms with Crippen LogP contribution in [0, 0.1) is 6.92 Å². The molecular weight excluding hydrogens is 244 g/mol. The summed E-state index contributed by atoms with van der Waals surface area (Å²) in [6.45, 7) is 8.39. The van der Waals surface area contributed by atoms with Crippen LogP contribution in [0.25, 0.3) is 0 Å². The van der Waals surface area contributed by atoms with Gasteiger partial charge in [0.2, 0.25) is 5.91 Å². The summed E-state index contributed by atoms with van der Waals surface area (Å²) < 4.78 is 10.9. The third-order valence-electron chi connectivity index (χ3n) is 3.35. The lowest BCUT2D eigenvalue weighted by atomic mass is 9.90. The Kier molecular flexibility index (Phi) is 4.27. The molecule has 5 nitrogen and oxygen atoms in total. The zero-order valence-electron chi connectivity index (χ0n) is 11.8. The highest BCUT2D eigenvalue weighted by Crippen LogP contribution is 2.24. The zero-order chi connectivity index (χ0) is 13.9. The van der Waals surface area contributed by atoms with Gasteiger partial charge in [-0.25, -0.2) is 0 Å². The second-order valence-electron chi connectivity index (χ2n) is 5.59. The summed E-state index contributed by atoms with van der Waals surface area (Å²) in [5.74, 6) is 1.76. The lowest BCUT2D eigenvalue weighted by Crippen LogP contribution is -2.52. The Labute approximate surface area is 113 Å². The summed E-state index contributed by atoms with van der Waals surface area (Å²) in [5, 5.41) is 6.10. The van der Waals surface area contributed by atoms with Gasteiger partial charge in [0.25, 0.3) is 0 Å². The largest absolute Gasteiger partial charge is 0.466 e. The first kappa shape index (κ1) is 14.1. The highest BCUT2D eigenvalue weighted by Gasteiger charge is 2.27. The summed E-state index contributed by atoms with van der Waals surface area (Å²) >= 11 is 0. The number of nitrogens with one attached hydrogen (secondary N) is 2. The van der Waals surface area contributed by atoms with Crippen molar-refractivity contribution in [2.75, 3.05) is 26.3 Å². The van der Waals surface area contributed by atoms with Crippen LogP contribution in [-0.2, 0) is 14.9 Å². The van der Waals surface area contributed by atoms with Crippen LogP contribution in [0.2, 0.25) is 0 Å². The molecule has 0 aromatic carbocycles. The predicted molar refractivity (Wildman–Crippen MR) is 72.1 cm³/mol. The van der Waals surface area contributed by atoms with Crippen LogP contribution < -0.4 is 10.6 Å². The summed E-state index contributed by atoms with van der Waals surface area (Å²) in [4.78, 5) is 12.0. The number of morpholine rings is 1. The van der Waals surface area contributed by atoms with Gasteiger partial charge in [0, 0.05) is 18.5 Å². The molecular formula is C14H22N2O3. The zero-order valence-corrected chi connectivity index (χ0v) is 11.8. The molecule has 1 aromatic heterocycles. The average Bonchev–Trinajstić information content (AvgIpc) is 2.85. The SMILES string of the molecule is Cc1ccc(C(C)(C)CNC(=O)C2COCCN2)o1. The lowest BCUT2D eigenvalue weighted by Gasteiger charge is -2.26. The van der Waals surface area contributed by atoms with E-state index in [1.807, 2.05) is 19.1 Å². The summed E-state index contributed by atoms with van der Waals surface area (Å²) in [6.07, 6.45) is 0. The van der Waals surface area contributed by atoms with Gasteiger partial charge in [0.1, 0.15) is 17.6 Å². The lowest BCUT2D eigenvalue weighted by molar-refractivity contribution is -0.126. The van der Waals surface area contributed by atoms with E-state index < -0.39 is 0 Å². The molecule has 1 aromatic rings. The van der Waals surface area contributed by atoms with Crippen LogP contribution in [-0.4, -0.2) is 38.3 Å². The first-order valence-corrected chi connectivity index (χ1v) is 6.65. The third kappa shape index (κ3) is 3.58. The van der Waals surface area contributed by atoms with Gasteiger partial charge >= 0.3 is 0 Å². The molecule has 1 amide bonds. The molecule has 5 heteroatoms. The highest BCUT2D eigenvalue weighted by molar-refractivity contribution is 5.82. The quantitative estimate of drug-likeness (QED) is 0.852. The number of carbonyl (C=O) groups excluding carboxylic acids is 1. The fourth-order valence-corrected chi connectivity index (χ4v) is 2.05. The molecule has 1 aliphatic heterocycles. The predicted octanol–water partition coefficient (Wildman–Crippen LogP) is 0.970. The molecule has 1 fully saturated rings. The van der Waals surface area contributed by atoms with Crippen LogP contribution in [0.1, 0.15) is 25.4 Å². The first-order chi connectivity index (χ1) is 8.99. The van der Waals surface area contributed by atoms with Crippen molar-refractivity contribution in [3.05, 3.63) is 23.7 Å². The minimum absolute atomic E-state index is 0.0175. The van der Waals surface area contributed by atoms with Crippen LogP contribution >= 0.6 is 0 Å². The number of carbonyl (C=O) groups is 1. The van der Waals surface area contributed by atoms with Crippen molar-refractivity contribution in [1.82, 2.24) is 10.6 Å². The normalized spacial score (nSPS) is 20.3. The molecule has 19 heavy (non-hydrogen) atoms. The number of aryl methyl sites for hydroxylation is 1. The molecule has 0 radical (unpaired) electrons. The Hall–Kier alpha value is -1.33. The van der Waals surface area contributed by atoms with E-state index in [-0.39, 0.29) is 17.4 Å². The van der Waals surface area contributed by atoms with E-state index in [1.54, 1.807) is 0 Å². The molecule has 106 valence electrons. The Morgan fingerprint density at radius 2 is 2.32 bits per heavy atom. The van der Waals surface area contributed by atoms with E-state index in [0.29, 0.717) is 19.8 Å². The Bertz CT molecular complexity index is 434. The van der Waals surface area contributed by atoms with Crippen LogP contribution in [0.5, 0.6) is 0 Å². The average molecular weight is 266 g/mol. The van der Waals surface area contributed by atoms with Crippen molar-refractivity contribution in [3.8, 4) is 0 Å². The van der Waals surface area contributed by atoms with Crippen molar-refractivity contribution in [2.45, 2.75) is 32.2 Å². The van der Waals surface area contributed by atoms with E-state index in [0.717, 1.165) is 18.1 Å². The maximum absolute atomic E-state index is 12.0. The second kappa shape index (κ2) is 5.75. The maximum Gasteiger partial charge on any atom is 0.239 e. The smallest absolute Gasteiger partial charge is 0.239 e. The van der Waals surface area contributed by atoms with Gasteiger partial charge in [-0.05, 0) is 19.1 Å². The summed E-state index contributed by atoms with van der Waals surface area (Å²) in [5.41, 5.74) is -0.223. The topological polar surface area (TPSA) is 63.5 Å². The van der Waals surface area contributed by atoms with Gasteiger partial charge in [-0.3, -0.25) is 4.79 Å². The Morgan fingerprint density at radius 3 is 2.89 bits per heavy atom. The molecule has 2 rings (SSSR count). The monoisotopic (exact) mass is 266 g/mol. The Balaban J connectivity index is 1.88. The van der Waals surface area contributed by atoms with Gasteiger partial charge < -0.3 is 19.8 Å². The number of rotatable bonds is 4. The van der Waals surface area contributed by atoms with Crippen LogP contribution in [0.3, 0.4) is 0 Å². The van der Waals surface area contributed by atoms with Crippen molar-refractivity contribution in [2.24, 2.45) is 0 Å². The summed E-state index contributed by atoms with van der Waals surface area (Å²) in [7, 11) is 0. The van der Waals surface area contributed by atoms with Crippen LogP contribution in [0.4, 0.5) is 0 Å². The van der Waals surface area contributed by atoms with Crippen molar-refractivity contribution in [1.29, 1.82) is 0 Å². The number of hydrogen-bond donors (Lipinski definition) is 2. The molecule has 2 N–H and O–H groups in total.